The molecule has 6 nitrogen and oxygen atoms in total. The van der Waals surface area contributed by atoms with E-state index in [0.29, 0.717) is 18.6 Å². The highest BCUT2D eigenvalue weighted by Crippen LogP contribution is 2.40. The largest absolute Gasteiger partial charge is 0.350 e. The van der Waals surface area contributed by atoms with Crippen LogP contribution in [0.4, 0.5) is 4.39 Å². The fraction of sp³-hybridized carbons (Fsp3) is 0.579. The zero-order valence-electron chi connectivity index (χ0n) is 15.4. The molecular weight excluding hydrogens is 375 g/mol. The summed E-state index contributed by atoms with van der Waals surface area (Å²) < 4.78 is 19.4. The van der Waals surface area contributed by atoms with Crippen LogP contribution in [0.25, 0.3) is 0 Å². The van der Waals surface area contributed by atoms with Gasteiger partial charge in [0.05, 0.1) is 17.0 Å². The minimum Gasteiger partial charge on any atom is -0.350 e. The third-order valence-corrected chi connectivity index (χ3v) is 5.28. The molecule has 8 heteroatoms. The number of hydroxylamine groups is 1. The number of ether oxygens (including phenoxy) is 1. The van der Waals surface area contributed by atoms with Crippen molar-refractivity contribution in [3.8, 4) is 0 Å². The molecule has 0 spiro atoms. The Morgan fingerprint density at radius 1 is 1.41 bits per heavy atom. The van der Waals surface area contributed by atoms with Crippen LogP contribution in [0.5, 0.6) is 0 Å². The van der Waals surface area contributed by atoms with Crippen LogP contribution in [0.15, 0.2) is 18.2 Å². The molecular formula is C19H24ClFN2O4. The molecule has 0 bridgehead atoms. The molecule has 0 aromatic heterocycles. The molecule has 1 aromatic carbocycles. The Morgan fingerprint density at radius 3 is 2.81 bits per heavy atom. The topological polar surface area (TPSA) is 67.9 Å². The van der Waals surface area contributed by atoms with Gasteiger partial charge in [-0.15, -0.1) is 0 Å². The number of benzene rings is 1. The Kier molecular flexibility index (Phi) is 6.34. The van der Waals surface area contributed by atoms with Crippen molar-refractivity contribution < 1.29 is 23.6 Å². The van der Waals surface area contributed by atoms with Gasteiger partial charge in [-0.3, -0.25) is 9.59 Å². The second kappa shape index (κ2) is 8.54. The van der Waals surface area contributed by atoms with Crippen LogP contribution in [0.1, 0.15) is 51.1 Å². The lowest BCUT2D eigenvalue weighted by Crippen LogP contribution is -2.40. The number of hydrogen-bond donors (Lipinski definition) is 1. The minimum absolute atomic E-state index is 0.00190. The normalized spacial score (nSPS) is 25.9. The first-order valence-electron chi connectivity index (χ1n) is 9.21. The predicted molar refractivity (Wildman–Crippen MR) is 97.1 cm³/mol. The van der Waals surface area contributed by atoms with Crippen molar-refractivity contribution in [2.24, 2.45) is 5.92 Å². The van der Waals surface area contributed by atoms with E-state index in [4.69, 9.17) is 21.2 Å². The highest BCUT2D eigenvalue weighted by atomic mass is 35.5. The number of likely N-dealkylation sites (tertiary alicyclic amines) is 1. The first kappa shape index (κ1) is 20.0. The third-order valence-electron chi connectivity index (χ3n) is 4.97. The summed E-state index contributed by atoms with van der Waals surface area (Å²) in [6, 6.07) is 3.65. The SMILES string of the molecule is CC(C)N1C(=O)C[C@H](C(=O)NO[C@@H]2CCCCO2)[C@@H]1c1ccc(Cl)c(F)c1. The maximum atomic E-state index is 14.0. The Labute approximate surface area is 162 Å². The summed E-state index contributed by atoms with van der Waals surface area (Å²) in [5.74, 6) is -1.84. The maximum absolute atomic E-state index is 14.0. The summed E-state index contributed by atoms with van der Waals surface area (Å²) in [6.45, 7) is 4.32. The summed E-state index contributed by atoms with van der Waals surface area (Å²) >= 11 is 5.78. The van der Waals surface area contributed by atoms with E-state index in [1.165, 1.54) is 12.1 Å². The van der Waals surface area contributed by atoms with E-state index >= 15 is 0 Å². The van der Waals surface area contributed by atoms with Gasteiger partial charge in [-0.05, 0) is 44.4 Å². The predicted octanol–water partition coefficient (Wildman–Crippen LogP) is 3.35. The van der Waals surface area contributed by atoms with Crippen molar-refractivity contribution in [1.29, 1.82) is 0 Å². The zero-order chi connectivity index (χ0) is 19.6. The van der Waals surface area contributed by atoms with Crippen molar-refractivity contribution >= 4 is 23.4 Å². The molecule has 148 valence electrons. The highest BCUT2D eigenvalue weighted by Gasteiger charge is 2.46. The smallest absolute Gasteiger partial charge is 0.249 e. The number of nitrogens with zero attached hydrogens (tertiary/aromatic N) is 1. The molecule has 2 aliphatic rings. The van der Waals surface area contributed by atoms with Gasteiger partial charge in [0, 0.05) is 25.5 Å². The molecule has 2 saturated heterocycles. The van der Waals surface area contributed by atoms with Gasteiger partial charge < -0.3 is 9.64 Å². The van der Waals surface area contributed by atoms with Crippen LogP contribution in [-0.4, -0.2) is 35.7 Å². The first-order valence-corrected chi connectivity index (χ1v) is 9.59. The van der Waals surface area contributed by atoms with Gasteiger partial charge in [-0.25, -0.2) is 14.7 Å². The Hall–Kier alpha value is -1.70. The lowest BCUT2D eigenvalue weighted by Gasteiger charge is -2.31. The zero-order valence-corrected chi connectivity index (χ0v) is 16.2. The van der Waals surface area contributed by atoms with Crippen LogP contribution >= 0.6 is 11.6 Å². The molecule has 2 aliphatic heterocycles. The van der Waals surface area contributed by atoms with Gasteiger partial charge in [0.15, 0.2) is 6.29 Å². The van der Waals surface area contributed by atoms with E-state index in [0.717, 1.165) is 12.8 Å². The molecule has 27 heavy (non-hydrogen) atoms. The van der Waals surface area contributed by atoms with Gasteiger partial charge in [-0.1, -0.05) is 17.7 Å². The standard InChI is InChI=1S/C19H24ClFN2O4/c1-11(2)23-16(24)10-13(18(23)12-6-7-14(20)15(21)9-12)19(25)22-27-17-5-3-4-8-26-17/h6-7,9,11,13,17-18H,3-5,8,10H2,1-2H3,(H,22,25)/t13-,17+,18-/m0/s1. The number of amides is 2. The summed E-state index contributed by atoms with van der Waals surface area (Å²) in [5.41, 5.74) is 2.97. The quantitative estimate of drug-likeness (QED) is 0.772. The van der Waals surface area contributed by atoms with Gasteiger partial charge in [0.2, 0.25) is 11.8 Å². The Bertz CT molecular complexity index is 709. The summed E-state index contributed by atoms with van der Waals surface area (Å²) in [4.78, 5) is 32.3. The maximum Gasteiger partial charge on any atom is 0.249 e. The average Bonchev–Trinajstić information content (AvgIpc) is 3.00. The van der Waals surface area contributed by atoms with Crippen LogP contribution in [0.2, 0.25) is 5.02 Å². The van der Waals surface area contributed by atoms with E-state index in [1.54, 1.807) is 11.0 Å². The van der Waals surface area contributed by atoms with E-state index in [1.807, 2.05) is 13.8 Å². The van der Waals surface area contributed by atoms with Gasteiger partial charge in [0.25, 0.3) is 0 Å². The molecule has 1 N–H and O–H groups in total. The molecule has 2 amide bonds. The number of hydrogen-bond acceptors (Lipinski definition) is 4. The monoisotopic (exact) mass is 398 g/mol. The molecule has 0 saturated carbocycles. The number of carbonyl (C=O) groups is 2. The molecule has 2 fully saturated rings. The minimum atomic E-state index is -0.691. The van der Waals surface area contributed by atoms with Crippen molar-refractivity contribution in [3.05, 3.63) is 34.6 Å². The second-order valence-corrected chi connectivity index (χ2v) is 7.61. The van der Waals surface area contributed by atoms with Gasteiger partial charge in [0.1, 0.15) is 5.82 Å². The highest BCUT2D eigenvalue weighted by molar-refractivity contribution is 6.30. The van der Waals surface area contributed by atoms with Crippen molar-refractivity contribution in [2.45, 2.75) is 57.9 Å². The molecule has 3 rings (SSSR count). The molecule has 3 atom stereocenters. The second-order valence-electron chi connectivity index (χ2n) is 7.20. The molecule has 0 aliphatic carbocycles. The van der Waals surface area contributed by atoms with Crippen molar-refractivity contribution in [1.82, 2.24) is 10.4 Å². The summed E-state index contributed by atoms with van der Waals surface area (Å²) in [7, 11) is 0. The van der Waals surface area contributed by atoms with Crippen LogP contribution < -0.4 is 5.48 Å². The first-order chi connectivity index (χ1) is 12.9. The number of rotatable bonds is 5. The van der Waals surface area contributed by atoms with Crippen molar-refractivity contribution in [2.75, 3.05) is 6.61 Å². The molecule has 0 unspecified atom stereocenters. The summed E-state index contributed by atoms with van der Waals surface area (Å²) in [5, 5.41) is -0.00190. The fourth-order valence-corrected chi connectivity index (χ4v) is 3.81. The van der Waals surface area contributed by atoms with Gasteiger partial charge >= 0.3 is 0 Å². The summed E-state index contributed by atoms with van der Waals surface area (Å²) in [6.07, 6.45) is 2.20. The van der Waals surface area contributed by atoms with E-state index in [-0.39, 0.29) is 23.4 Å². The Morgan fingerprint density at radius 2 is 2.19 bits per heavy atom. The van der Waals surface area contributed by atoms with Crippen LogP contribution in [-0.2, 0) is 19.2 Å². The van der Waals surface area contributed by atoms with E-state index < -0.39 is 30.0 Å². The fourth-order valence-electron chi connectivity index (χ4n) is 3.69. The number of halogens is 2. The molecule has 2 heterocycles. The number of nitrogens with one attached hydrogen (secondary N) is 1. The number of carbonyl (C=O) groups excluding carboxylic acids is 2. The molecule has 0 radical (unpaired) electrons. The van der Waals surface area contributed by atoms with E-state index in [2.05, 4.69) is 5.48 Å². The lowest BCUT2D eigenvalue weighted by atomic mass is 9.92. The van der Waals surface area contributed by atoms with Crippen LogP contribution in [0, 0.1) is 11.7 Å². The Balaban J connectivity index is 1.79. The van der Waals surface area contributed by atoms with E-state index in [9.17, 15) is 14.0 Å². The lowest BCUT2D eigenvalue weighted by molar-refractivity contribution is -0.202. The average molecular weight is 399 g/mol. The van der Waals surface area contributed by atoms with Gasteiger partial charge in [-0.2, -0.15) is 0 Å². The third kappa shape index (κ3) is 4.42. The molecule has 1 aromatic rings. The van der Waals surface area contributed by atoms with Crippen LogP contribution in [0.3, 0.4) is 0 Å². The van der Waals surface area contributed by atoms with Crippen molar-refractivity contribution in [3.63, 3.8) is 0 Å².